The molecule has 0 aliphatic heterocycles. The van der Waals surface area contributed by atoms with Crippen LogP contribution < -0.4 is 5.32 Å². The molecular weight excluding hydrogens is 298 g/mol. The van der Waals surface area contributed by atoms with Crippen LogP contribution >= 0.6 is 22.9 Å². The molecule has 2 rings (SSSR count). The number of thiophene rings is 1. The summed E-state index contributed by atoms with van der Waals surface area (Å²) in [5.41, 5.74) is 2.83. The van der Waals surface area contributed by atoms with Crippen LogP contribution in [0.1, 0.15) is 42.7 Å². The van der Waals surface area contributed by atoms with Gasteiger partial charge in [-0.2, -0.15) is 0 Å². The molecule has 2 aromatic rings. The number of halogens is 1. The zero-order chi connectivity index (χ0) is 15.5. The molecule has 1 heterocycles. The first-order valence-corrected chi connectivity index (χ1v) is 8.59. The molecule has 21 heavy (non-hydrogen) atoms. The van der Waals surface area contributed by atoms with E-state index in [1.54, 1.807) is 11.3 Å². The maximum absolute atomic E-state index is 6.06. The maximum atomic E-state index is 6.06. The van der Waals surface area contributed by atoms with Crippen LogP contribution in [0, 0.1) is 6.92 Å². The number of hydrogen-bond acceptors (Lipinski definition) is 2. The Morgan fingerprint density at radius 1 is 1.10 bits per heavy atom. The molecule has 1 unspecified atom stereocenters. The van der Waals surface area contributed by atoms with E-state index in [4.69, 9.17) is 11.6 Å². The molecule has 0 saturated carbocycles. The molecule has 1 aromatic carbocycles. The van der Waals surface area contributed by atoms with Crippen LogP contribution in [0.25, 0.3) is 0 Å². The minimum Gasteiger partial charge on any atom is -0.311 e. The first-order chi connectivity index (χ1) is 9.83. The smallest absolute Gasteiger partial charge is 0.0931 e. The van der Waals surface area contributed by atoms with Gasteiger partial charge in [-0.15, -0.1) is 11.3 Å². The molecule has 1 N–H and O–H groups in total. The van der Waals surface area contributed by atoms with Crippen LogP contribution in [0.2, 0.25) is 4.34 Å². The highest BCUT2D eigenvalue weighted by atomic mass is 35.5. The molecule has 114 valence electrons. The summed E-state index contributed by atoms with van der Waals surface area (Å²) in [7, 11) is 0. The molecule has 3 heteroatoms. The van der Waals surface area contributed by atoms with Crippen LogP contribution in [-0.4, -0.2) is 12.1 Å². The van der Waals surface area contributed by atoms with Crippen molar-refractivity contribution in [1.82, 2.24) is 5.32 Å². The summed E-state index contributed by atoms with van der Waals surface area (Å²) in [6.45, 7) is 9.73. The van der Waals surface area contributed by atoms with E-state index in [9.17, 15) is 0 Å². The minimum absolute atomic E-state index is 0.135. The summed E-state index contributed by atoms with van der Waals surface area (Å²) in [4.78, 5) is 1.35. The summed E-state index contributed by atoms with van der Waals surface area (Å²) in [6.07, 6.45) is 1.03. The lowest BCUT2D eigenvalue weighted by Gasteiger charge is -2.25. The fraction of sp³-hybridized carbons (Fsp3) is 0.444. The Labute approximate surface area is 137 Å². The molecule has 0 fully saturated rings. The fourth-order valence-corrected chi connectivity index (χ4v) is 3.45. The Morgan fingerprint density at radius 3 is 2.29 bits per heavy atom. The highest BCUT2D eigenvalue weighted by Crippen LogP contribution is 2.28. The Balaban J connectivity index is 2.15. The maximum Gasteiger partial charge on any atom is 0.0931 e. The highest BCUT2D eigenvalue weighted by molar-refractivity contribution is 7.16. The lowest BCUT2D eigenvalue weighted by Crippen LogP contribution is -2.39. The highest BCUT2D eigenvalue weighted by Gasteiger charge is 2.17. The summed E-state index contributed by atoms with van der Waals surface area (Å²) in [5, 5.41) is 3.63. The Bertz CT molecular complexity index is 566. The van der Waals surface area contributed by atoms with Gasteiger partial charge in [0.1, 0.15) is 0 Å². The van der Waals surface area contributed by atoms with Crippen molar-refractivity contribution in [2.45, 2.75) is 45.6 Å². The largest absolute Gasteiger partial charge is 0.311 e. The van der Waals surface area contributed by atoms with E-state index in [2.05, 4.69) is 63.3 Å². The number of nitrogens with one attached hydrogen (secondary N) is 1. The molecular formula is C18H24ClNS. The molecule has 0 bridgehead atoms. The zero-order valence-corrected chi connectivity index (χ0v) is 14.8. The van der Waals surface area contributed by atoms with Crippen molar-refractivity contribution in [2.24, 2.45) is 0 Å². The van der Waals surface area contributed by atoms with E-state index in [1.807, 2.05) is 6.07 Å². The van der Waals surface area contributed by atoms with E-state index in [0.717, 1.165) is 17.3 Å². The van der Waals surface area contributed by atoms with E-state index in [0.29, 0.717) is 5.92 Å². The van der Waals surface area contributed by atoms with Gasteiger partial charge in [-0.3, -0.25) is 0 Å². The van der Waals surface area contributed by atoms with Gasteiger partial charge in [0, 0.05) is 22.9 Å². The summed E-state index contributed by atoms with van der Waals surface area (Å²) in [5.74, 6) is 0.472. The van der Waals surface area contributed by atoms with Gasteiger partial charge >= 0.3 is 0 Å². The van der Waals surface area contributed by atoms with Gasteiger partial charge in [-0.25, -0.2) is 0 Å². The van der Waals surface area contributed by atoms with Crippen molar-refractivity contribution in [3.63, 3.8) is 0 Å². The standard InChI is InChI=1S/C18H24ClNS/c1-13-5-7-14(8-6-13)15(12-20-18(2,3)4)11-16-9-10-17(19)21-16/h5-10,15,20H,11-12H2,1-4H3. The van der Waals surface area contributed by atoms with Gasteiger partial charge in [0.05, 0.1) is 4.34 Å². The monoisotopic (exact) mass is 321 g/mol. The number of rotatable bonds is 5. The molecule has 1 aromatic heterocycles. The van der Waals surface area contributed by atoms with Crippen molar-refractivity contribution in [3.05, 3.63) is 56.7 Å². The second-order valence-electron chi connectivity index (χ2n) is 6.65. The molecule has 0 saturated heterocycles. The molecule has 0 amide bonds. The normalized spacial score (nSPS) is 13.4. The number of aryl methyl sites for hydroxylation is 1. The first-order valence-electron chi connectivity index (χ1n) is 7.39. The van der Waals surface area contributed by atoms with Gasteiger partial charge < -0.3 is 5.32 Å². The summed E-state index contributed by atoms with van der Waals surface area (Å²) < 4.78 is 0.872. The van der Waals surface area contributed by atoms with Crippen molar-refractivity contribution >= 4 is 22.9 Å². The number of hydrogen-bond donors (Lipinski definition) is 1. The predicted molar refractivity (Wildman–Crippen MR) is 94.7 cm³/mol. The number of benzene rings is 1. The predicted octanol–water partition coefficient (Wildman–Crippen LogP) is 5.42. The summed E-state index contributed by atoms with van der Waals surface area (Å²) >= 11 is 7.75. The first kappa shape index (κ1) is 16.5. The third kappa shape index (κ3) is 5.46. The summed E-state index contributed by atoms with van der Waals surface area (Å²) in [6, 6.07) is 13.0. The SMILES string of the molecule is Cc1ccc(C(CNC(C)(C)C)Cc2ccc(Cl)s2)cc1. The molecule has 0 spiro atoms. The van der Waals surface area contributed by atoms with Gasteiger partial charge in [0.2, 0.25) is 0 Å². The molecule has 0 aliphatic carbocycles. The van der Waals surface area contributed by atoms with Gasteiger partial charge in [0.25, 0.3) is 0 Å². The van der Waals surface area contributed by atoms with Crippen LogP contribution in [0.3, 0.4) is 0 Å². The Kier molecular flexibility index (Phi) is 5.48. The van der Waals surface area contributed by atoms with Crippen LogP contribution in [-0.2, 0) is 6.42 Å². The molecule has 1 nitrogen and oxygen atoms in total. The van der Waals surface area contributed by atoms with Crippen molar-refractivity contribution in [3.8, 4) is 0 Å². The molecule has 1 atom stereocenters. The van der Waals surface area contributed by atoms with Crippen LogP contribution in [0.5, 0.6) is 0 Å². The average molecular weight is 322 g/mol. The quantitative estimate of drug-likeness (QED) is 0.774. The van der Waals surface area contributed by atoms with Crippen LogP contribution in [0.4, 0.5) is 0 Å². The van der Waals surface area contributed by atoms with Crippen molar-refractivity contribution < 1.29 is 0 Å². The lowest BCUT2D eigenvalue weighted by atomic mass is 9.93. The Hall–Kier alpha value is -0.830. The van der Waals surface area contributed by atoms with Gasteiger partial charge in [-0.05, 0) is 51.8 Å². The molecule has 0 radical (unpaired) electrons. The Morgan fingerprint density at radius 2 is 1.76 bits per heavy atom. The second-order valence-corrected chi connectivity index (χ2v) is 8.45. The average Bonchev–Trinajstić information content (AvgIpc) is 2.80. The van der Waals surface area contributed by atoms with E-state index in [-0.39, 0.29) is 5.54 Å². The fourth-order valence-electron chi connectivity index (χ4n) is 2.28. The van der Waals surface area contributed by atoms with Gasteiger partial charge in [-0.1, -0.05) is 41.4 Å². The molecule has 0 aliphatic rings. The topological polar surface area (TPSA) is 12.0 Å². The van der Waals surface area contributed by atoms with Crippen LogP contribution in [0.15, 0.2) is 36.4 Å². The van der Waals surface area contributed by atoms with Crippen molar-refractivity contribution in [1.29, 1.82) is 0 Å². The van der Waals surface area contributed by atoms with E-state index >= 15 is 0 Å². The zero-order valence-electron chi connectivity index (χ0n) is 13.2. The third-order valence-corrected chi connectivity index (χ3v) is 4.76. The third-order valence-electron chi connectivity index (χ3n) is 3.50. The lowest BCUT2D eigenvalue weighted by molar-refractivity contribution is 0.405. The van der Waals surface area contributed by atoms with Gasteiger partial charge in [0.15, 0.2) is 0 Å². The minimum atomic E-state index is 0.135. The van der Waals surface area contributed by atoms with E-state index < -0.39 is 0 Å². The second kappa shape index (κ2) is 6.95. The van der Waals surface area contributed by atoms with E-state index in [1.165, 1.54) is 16.0 Å². The van der Waals surface area contributed by atoms with Crippen molar-refractivity contribution in [2.75, 3.05) is 6.54 Å².